The number of hydrogen-bond acceptors (Lipinski definition) is 4. The number of hydrogen-bond donors (Lipinski definition) is 2. The molecule has 0 aromatic heterocycles. The van der Waals surface area contributed by atoms with Gasteiger partial charge in [0.1, 0.15) is 17.3 Å². The normalized spacial score (nSPS) is 16.3. The molecule has 0 radical (unpaired) electrons. The molecule has 1 aliphatic rings. The van der Waals surface area contributed by atoms with Gasteiger partial charge in [-0.2, -0.15) is 0 Å². The summed E-state index contributed by atoms with van der Waals surface area (Å²) < 4.78 is 0. The Kier molecular flexibility index (Phi) is 4.70. The summed E-state index contributed by atoms with van der Waals surface area (Å²) in [7, 11) is 5.15. The molecule has 0 atom stereocenters. The summed E-state index contributed by atoms with van der Waals surface area (Å²) in [6.07, 6.45) is 0. The fraction of sp³-hybridized carbons (Fsp3) is 0.500. The Morgan fingerprint density at radius 2 is 1.73 bits per heavy atom. The number of nitrogens with zero attached hydrogens (tertiary/aromatic N) is 2. The second-order valence-electron chi connectivity index (χ2n) is 2.85. The minimum absolute atomic E-state index is 0.208. The standard InChI is InChI=1S/C8H14N4O.C2H6/c1-5-11(3)7(10-2)6(9)8(13)12(5)4;1-2/h10H,1,9H2,2-4H3;1-2H3. The average molecular weight is 212 g/mol. The number of amides is 1. The highest BCUT2D eigenvalue weighted by molar-refractivity contribution is 5.95. The van der Waals surface area contributed by atoms with E-state index in [0.29, 0.717) is 11.6 Å². The lowest BCUT2D eigenvalue weighted by molar-refractivity contribution is -0.126. The van der Waals surface area contributed by atoms with Crippen LogP contribution < -0.4 is 11.1 Å². The van der Waals surface area contributed by atoms with Gasteiger partial charge in [0.2, 0.25) is 0 Å². The molecule has 0 fully saturated rings. The zero-order valence-electron chi connectivity index (χ0n) is 10.1. The number of nitrogens with one attached hydrogen (secondary N) is 1. The van der Waals surface area contributed by atoms with Crippen molar-refractivity contribution >= 4 is 5.91 Å². The highest BCUT2D eigenvalue weighted by Crippen LogP contribution is 2.18. The molecular weight excluding hydrogens is 192 g/mol. The van der Waals surface area contributed by atoms with Crippen molar-refractivity contribution < 1.29 is 4.79 Å². The molecule has 0 unspecified atom stereocenters. The molecule has 0 bridgehead atoms. The summed E-state index contributed by atoms with van der Waals surface area (Å²) in [5.41, 5.74) is 5.83. The van der Waals surface area contributed by atoms with Gasteiger partial charge >= 0.3 is 0 Å². The van der Waals surface area contributed by atoms with Crippen molar-refractivity contribution in [1.29, 1.82) is 0 Å². The molecule has 1 amide bonds. The smallest absolute Gasteiger partial charge is 0.278 e. The number of carbonyl (C=O) groups excluding carboxylic acids is 1. The third-order valence-electron chi connectivity index (χ3n) is 2.14. The Labute approximate surface area is 91.2 Å². The molecule has 1 heterocycles. The lowest BCUT2D eigenvalue weighted by Crippen LogP contribution is -2.46. The number of likely N-dealkylation sites (N-methyl/N-ethyl adjacent to an activating group) is 1. The molecule has 1 rings (SSSR count). The second kappa shape index (κ2) is 5.29. The summed E-state index contributed by atoms with van der Waals surface area (Å²) in [6.45, 7) is 7.76. The van der Waals surface area contributed by atoms with Gasteiger partial charge in [-0.05, 0) is 0 Å². The third kappa shape index (κ3) is 2.23. The summed E-state index contributed by atoms with van der Waals surface area (Å²) in [4.78, 5) is 14.6. The molecule has 0 aromatic rings. The molecule has 3 N–H and O–H groups in total. The maximum atomic E-state index is 11.5. The number of carbonyl (C=O) groups is 1. The number of rotatable bonds is 1. The molecule has 5 nitrogen and oxygen atoms in total. The monoisotopic (exact) mass is 212 g/mol. The number of nitrogens with two attached hydrogens (primary N) is 1. The zero-order valence-corrected chi connectivity index (χ0v) is 10.1. The van der Waals surface area contributed by atoms with Crippen molar-refractivity contribution in [3.63, 3.8) is 0 Å². The van der Waals surface area contributed by atoms with Crippen LogP contribution >= 0.6 is 0 Å². The van der Waals surface area contributed by atoms with Gasteiger partial charge in [-0.3, -0.25) is 9.69 Å². The van der Waals surface area contributed by atoms with Gasteiger partial charge in [0.25, 0.3) is 5.91 Å². The summed E-state index contributed by atoms with van der Waals surface area (Å²) in [5, 5.41) is 2.86. The van der Waals surface area contributed by atoms with Gasteiger partial charge in [0, 0.05) is 21.1 Å². The molecule has 0 saturated heterocycles. The van der Waals surface area contributed by atoms with E-state index in [0.717, 1.165) is 0 Å². The van der Waals surface area contributed by atoms with E-state index >= 15 is 0 Å². The van der Waals surface area contributed by atoms with Crippen LogP contribution in [0, 0.1) is 0 Å². The van der Waals surface area contributed by atoms with Crippen LogP contribution in [-0.4, -0.2) is 36.9 Å². The van der Waals surface area contributed by atoms with Crippen LogP contribution in [0.2, 0.25) is 0 Å². The molecule has 0 aromatic carbocycles. The van der Waals surface area contributed by atoms with Crippen LogP contribution in [0.4, 0.5) is 0 Å². The Bertz CT molecular complexity index is 296. The van der Waals surface area contributed by atoms with Gasteiger partial charge < -0.3 is 16.0 Å². The third-order valence-corrected chi connectivity index (χ3v) is 2.14. The van der Waals surface area contributed by atoms with Crippen LogP contribution in [0.5, 0.6) is 0 Å². The highest BCUT2D eigenvalue weighted by atomic mass is 16.2. The van der Waals surface area contributed by atoms with Gasteiger partial charge in [0.15, 0.2) is 0 Å². The van der Waals surface area contributed by atoms with Crippen molar-refractivity contribution in [3.05, 3.63) is 23.9 Å². The quantitative estimate of drug-likeness (QED) is 0.653. The fourth-order valence-corrected chi connectivity index (χ4v) is 1.24. The van der Waals surface area contributed by atoms with Crippen molar-refractivity contribution in [1.82, 2.24) is 15.1 Å². The van der Waals surface area contributed by atoms with E-state index in [9.17, 15) is 4.79 Å². The van der Waals surface area contributed by atoms with E-state index in [-0.39, 0.29) is 11.6 Å². The largest absolute Gasteiger partial charge is 0.391 e. The van der Waals surface area contributed by atoms with E-state index < -0.39 is 0 Å². The van der Waals surface area contributed by atoms with E-state index in [1.165, 1.54) is 4.90 Å². The van der Waals surface area contributed by atoms with Gasteiger partial charge in [0.05, 0.1) is 0 Å². The van der Waals surface area contributed by atoms with Crippen molar-refractivity contribution in [2.24, 2.45) is 5.73 Å². The fourth-order valence-electron chi connectivity index (χ4n) is 1.24. The van der Waals surface area contributed by atoms with Crippen LogP contribution in [0.15, 0.2) is 23.9 Å². The van der Waals surface area contributed by atoms with Gasteiger partial charge in [-0.15, -0.1) is 0 Å². The van der Waals surface area contributed by atoms with Crippen LogP contribution in [0.25, 0.3) is 0 Å². The van der Waals surface area contributed by atoms with Gasteiger partial charge in [-0.1, -0.05) is 20.4 Å². The molecule has 1 aliphatic heterocycles. The molecule has 0 spiro atoms. The lowest BCUT2D eigenvalue weighted by atomic mass is 10.3. The first kappa shape index (κ1) is 13.4. The predicted molar refractivity (Wildman–Crippen MR) is 61.3 cm³/mol. The van der Waals surface area contributed by atoms with E-state index in [4.69, 9.17) is 5.73 Å². The summed E-state index contributed by atoms with van der Waals surface area (Å²) in [6, 6.07) is 0. The predicted octanol–water partition coefficient (Wildman–Crippen LogP) is 0.235. The molecule has 15 heavy (non-hydrogen) atoms. The first-order chi connectivity index (χ1) is 7.00. The summed E-state index contributed by atoms with van der Waals surface area (Å²) >= 11 is 0. The first-order valence-corrected chi connectivity index (χ1v) is 4.89. The van der Waals surface area contributed by atoms with Crippen LogP contribution in [-0.2, 0) is 4.79 Å². The Balaban J connectivity index is 0.000000921. The zero-order chi connectivity index (χ0) is 12.2. The average Bonchev–Trinajstić information content (AvgIpc) is 2.27. The second-order valence-corrected chi connectivity index (χ2v) is 2.85. The van der Waals surface area contributed by atoms with E-state index in [2.05, 4.69) is 11.9 Å². The van der Waals surface area contributed by atoms with Crippen molar-refractivity contribution in [3.8, 4) is 0 Å². The van der Waals surface area contributed by atoms with E-state index in [1.54, 1.807) is 26.0 Å². The maximum absolute atomic E-state index is 11.5. The van der Waals surface area contributed by atoms with Crippen molar-refractivity contribution in [2.75, 3.05) is 21.1 Å². The van der Waals surface area contributed by atoms with Crippen molar-refractivity contribution in [2.45, 2.75) is 13.8 Å². The maximum Gasteiger partial charge on any atom is 0.278 e. The lowest BCUT2D eigenvalue weighted by Gasteiger charge is -2.35. The SMILES string of the molecule is C=C1N(C)C(=O)C(N)=C(NC)N1C.CC. The summed E-state index contributed by atoms with van der Waals surface area (Å²) in [5.74, 6) is 0.962. The molecule has 0 saturated carbocycles. The first-order valence-electron chi connectivity index (χ1n) is 4.89. The molecule has 86 valence electrons. The highest BCUT2D eigenvalue weighted by Gasteiger charge is 2.28. The Hall–Kier alpha value is -1.65. The van der Waals surface area contributed by atoms with Gasteiger partial charge in [-0.25, -0.2) is 0 Å². The Morgan fingerprint density at radius 1 is 1.27 bits per heavy atom. The molecule has 5 heteroatoms. The topological polar surface area (TPSA) is 61.6 Å². The van der Waals surface area contributed by atoms with Crippen LogP contribution in [0.3, 0.4) is 0 Å². The Morgan fingerprint density at radius 3 is 2.13 bits per heavy atom. The minimum Gasteiger partial charge on any atom is -0.391 e. The van der Waals surface area contributed by atoms with Crippen LogP contribution in [0.1, 0.15) is 13.8 Å². The molecular formula is C10H20N4O. The molecule has 0 aliphatic carbocycles. The minimum atomic E-state index is -0.229. The van der Waals surface area contributed by atoms with E-state index in [1.807, 2.05) is 13.8 Å².